The second-order valence-electron chi connectivity index (χ2n) is 5.86. The summed E-state index contributed by atoms with van der Waals surface area (Å²) in [7, 11) is 0. The number of primary amides is 1. The lowest BCUT2D eigenvalue weighted by molar-refractivity contribution is 0.100. The second kappa shape index (κ2) is 5.96. The van der Waals surface area contributed by atoms with Crippen LogP contribution < -0.4 is 11.3 Å². The normalized spacial score (nSPS) is 11.0. The Morgan fingerprint density at radius 1 is 1.08 bits per heavy atom. The molecule has 0 radical (unpaired) electrons. The Labute approximate surface area is 147 Å². The smallest absolute Gasteiger partial charge is 0.275 e. The Morgan fingerprint density at radius 2 is 1.77 bits per heavy atom. The molecule has 4 rings (SSSR count). The molecule has 4 aromatic rings. The summed E-state index contributed by atoms with van der Waals surface area (Å²) >= 11 is 0. The van der Waals surface area contributed by atoms with Crippen molar-refractivity contribution in [2.45, 2.75) is 6.92 Å². The molecular formula is C19H14N4O3. The van der Waals surface area contributed by atoms with Crippen LogP contribution in [0, 0.1) is 6.92 Å². The number of aryl methyl sites for hydroxylation is 1. The summed E-state index contributed by atoms with van der Waals surface area (Å²) < 4.78 is 5.34. The molecule has 0 fully saturated rings. The Hall–Kier alpha value is -3.74. The van der Waals surface area contributed by atoms with Gasteiger partial charge in [0.1, 0.15) is 5.69 Å². The second-order valence-corrected chi connectivity index (χ2v) is 5.86. The zero-order valence-corrected chi connectivity index (χ0v) is 13.8. The number of aromatic nitrogens is 3. The first kappa shape index (κ1) is 15.8. The van der Waals surface area contributed by atoms with Crippen molar-refractivity contribution in [2.75, 3.05) is 0 Å². The molecule has 7 nitrogen and oxygen atoms in total. The lowest BCUT2D eigenvalue weighted by Gasteiger charge is -2.05. The van der Waals surface area contributed by atoms with Gasteiger partial charge in [0.05, 0.1) is 0 Å². The van der Waals surface area contributed by atoms with Crippen molar-refractivity contribution >= 4 is 16.7 Å². The lowest BCUT2D eigenvalue weighted by atomic mass is 10.1. The number of benzene rings is 2. The van der Waals surface area contributed by atoms with Gasteiger partial charge in [-0.2, -0.15) is 4.98 Å². The highest BCUT2D eigenvalue weighted by Gasteiger charge is 2.16. The maximum absolute atomic E-state index is 12.3. The van der Waals surface area contributed by atoms with E-state index in [1.165, 1.54) is 0 Å². The van der Waals surface area contributed by atoms with Crippen LogP contribution in [0.2, 0.25) is 0 Å². The SMILES string of the molecule is Cc1c(-c2nc(-c3ccc(C(N)=O)cc3)no2)[nH]c(=O)c2ccccc12. The van der Waals surface area contributed by atoms with Crippen molar-refractivity contribution in [3.8, 4) is 23.0 Å². The predicted octanol–water partition coefficient (Wildman–Crippen LogP) is 2.65. The minimum atomic E-state index is -0.505. The third-order valence-corrected chi connectivity index (χ3v) is 4.26. The monoisotopic (exact) mass is 346 g/mol. The molecule has 0 saturated carbocycles. The predicted molar refractivity (Wildman–Crippen MR) is 96.6 cm³/mol. The number of pyridine rings is 1. The van der Waals surface area contributed by atoms with Crippen LogP contribution in [0.15, 0.2) is 57.8 Å². The van der Waals surface area contributed by atoms with Crippen LogP contribution in [0.3, 0.4) is 0 Å². The van der Waals surface area contributed by atoms with Crippen molar-refractivity contribution in [1.82, 2.24) is 15.1 Å². The molecule has 0 aliphatic heterocycles. The number of nitrogens with two attached hydrogens (primary N) is 1. The fourth-order valence-corrected chi connectivity index (χ4v) is 2.86. The van der Waals surface area contributed by atoms with Crippen molar-refractivity contribution in [3.05, 3.63) is 70.0 Å². The number of H-pyrrole nitrogens is 1. The molecule has 3 N–H and O–H groups in total. The van der Waals surface area contributed by atoms with Crippen LogP contribution >= 0.6 is 0 Å². The molecule has 1 amide bonds. The maximum atomic E-state index is 12.3. The van der Waals surface area contributed by atoms with Gasteiger partial charge in [0.15, 0.2) is 0 Å². The number of hydrogen-bond acceptors (Lipinski definition) is 5. The third-order valence-electron chi connectivity index (χ3n) is 4.26. The molecule has 0 bridgehead atoms. The summed E-state index contributed by atoms with van der Waals surface area (Å²) in [5.74, 6) is 0.0680. The van der Waals surface area contributed by atoms with Gasteiger partial charge in [-0.05, 0) is 36.1 Å². The summed E-state index contributed by atoms with van der Waals surface area (Å²) in [4.78, 5) is 30.6. The molecule has 2 heterocycles. The number of hydrogen-bond donors (Lipinski definition) is 2. The minimum Gasteiger partial charge on any atom is -0.366 e. The fourth-order valence-electron chi connectivity index (χ4n) is 2.86. The van der Waals surface area contributed by atoms with E-state index >= 15 is 0 Å². The number of nitrogens with zero attached hydrogens (tertiary/aromatic N) is 2. The van der Waals surface area contributed by atoms with Gasteiger partial charge >= 0.3 is 0 Å². The number of fused-ring (bicyclic) bond motifs is 1. The standard InChI is InChI=1S/C19H14N4O3/c1-10-13-4-2-3-5-14(13)18(25)21-15(10)19-22-17(23-26-19)12-8-6-11(7-9-12)16(20)24/h2-9H,1H3,(H2,20,24)(H,21,25). The van der Waals surface area contributed by atoms with Crippen LogP contribution in [0.1, 0.15) is 15.9 Å². The van der Waals surface area contributed by atoms with Crippen molar-refractivity contribution in [1.29, 1.82) is 0 Å². The highest BCUT2D eigenvalue weighted by molar-refractivity contribution is 5.93. The van der Waals surface area contributed by atoms with Gasteiger partial charge in [-0.15, -0.1) is 0 Å². The summed E-state index contributed by atoms with van der Waals surface area (Å²) in [6.45, 7) is 1.89. The van der Waals surface area contributed by atoms with Gasteiger partial charge < -0.3 is 15.2 Å². The molecule has 2 aromatic heterocycles. The van der Waals surface area contributed by atoms with E-state index in [9.17, 15) is 9.59 Å². The average molecular weight is 346 g/mol. The number of rotatable bonds is 3. The molecule has 0 spiro atoms. The van der Waals surface area contributed by atoms with Crippen molar-refractivity contribution in [2.24, 2.45) is 5.73 Å². The number of nitrogens with one attached hydrogen (secondary N) is 1. The molecule has 0 aliphatic rings. The van der Waals surface area contributed by atoms with E-state index in [2.05, 4.69) is 15.1 Å². The van der Waals surface area contributed by atoms with Crippen LogP contribution in [0.5, 0.6) is 0 Å². The Bertz CT molecular complexity index is 1190. The number of aromatic amines is 1. The molecule has 2 aromatic carbocycles. The molecule has 26 heavy (non-hydrogen) atoms. The van der Waals surface area contributed by atoms with Crippen LogP contribution in [-0.2, 0) is 0 Å². The summed E-state index contributed by atoms with van der Waals surface area (Å²) in [5.41, 5.74) is 7.42. The van der Waals surface area contributed by atoms with E-state index in [0.717, 1.165) is 10.9 Å². The van der Waals surface area contributed by atoms with Crippen LogP contribution in [-0.4, -0.2) is 21.0 Å². The molecule has 0 atom stereocenters. The highest BCUT2D eigenvalue weighted by atomic mass is 16.5. The van der Waals surface area contributed by atoms with Gasteiger partial charge in [-0.25, -0.2) is 0 Å². The Morgan fingerprint density at radius 3 is 2.46 bits per heavy atom. The van der Waals surface area contributed by atoms with Crippen molar-refractivity contribution in [3.63, 3.8) is 0 Å². The van der Waals surface area contributed by atoms with Crippen molar-refractivity contribution < 1.29 is 9.32 Å². The Balaban J connectivity index is 1.79. The van der Waals surface area contributed by atoms with E-state index in [0.29, 0.717) is 28.0 Å². The molecular weight excluding hydrogens is 332 g/mol. The summed E-state index contributed by atoms with van der Waals surface area (Å²) in [6.07, 6.45) is 0. The summed E-state index contributed by atoms with van der Waals surface area (Å²) in [5, 5.41) is 5.40. The largest absolute Gasteiger partial charge is 0.366 e. The van der Waals surface area contributed by atoms with Gasteiger partial charge in [-0.3, -0.25) is 9.59 Å². The minimum absolute atomic E-state index is 0.216. The van der Waals surface area contributed by atoms with Gasteiger partial charge in [0.2, 0.25) is 11.7 Å². The van der Waals surface area contributed by atoms with Crippen LogP contribution in [0.25, 0.3) is 33.7 Å². The zero-order valence-electron chi connectivity index (χ0n) is 13.8. The summed E-state index contributed by atoms with van der Waals surface area (Å²) in [6, 6.07) is 13.9. The van der Waals surface area contributed by atoms with E-state index in [-0.39, 0.29) is 11.4 Å². The topological polar surface area (TPSA) is 115 Å². The molecule has 0 saturated heterocycles. The Kier molecular flexibility index (Phi) is 3.62. The van der Waals surface area contributed by atoms with E-state index in [1.807, 2.05) is 25.1 Å². The third kappa shape index (κ3) is 2.55. The van der Waals surface area contributed by atoms with E-state index in [1.54, 1.807) is 30.3 Å². The average Bonchev–Trinajstić information content (AvgIpc) is 3.15. The maximum Gasteiger partial charge on any atom is 0.275 e. The molecule has 7 heteroatoms. The lowest BCUT2D eigenvalue weighted by Crippen LogP contribution is -2.10. The highest BCUT2D eigenvalue weighted by Crippen LogP contribution is 2.26. The molecule has 0 aliphatic carbocycles. The van der Waals surface area contributed by atoms with E-state index < -0.39 is 5.91 Å². The van der Waals surface area contributed by atoms with E-state index in [4.69, 9.17) is 10.3 Å². The van der Waals surface area contributed by atoms with Gasteiger partial charge in [0.25, 0.3) is 11.4 Å². The number of carbonyl (C=O) groups is 1. The number of amides is 1. The van der Waals surface area contributed by atoms with Crippen LogP contribution in [0.4, 0.5) is 0 Å². The molecule has 128 valence electrons. The fraction of sp³-hybridized carbons (Fsp3) is 0.0526. The quantitative estimate of drug-likeness (QED) is 0.592. The zero-order chi connectivity index (χ0) is 18.3. The molecule has 0 unspecified atom stereocenters. The first-order valence-electron chi connectivity index (χ1n) is 7.90. The first-order chi connectivity index (χ1) is 12.5. The number of carbonyl (C=O) groups excluding carboxylic acids is 1. The first-order valence-corrected chi connectivity index (χ1v) is 7.90. The van der Waals surface area contributed by atoms with Gasteiger partial charge in [0, 0.05) is 16.5 Å². The van der Waals surface area contributed by atoms with Gasteiger partial charge in [-0.1, -0.05) is 35.5 Å².